The molecule has 1 aliphatic heterocycles. The van der Waals surface area contributed by atoms with Crippen LogP contribution in [-0.4, -0.2) is 189 Å². The van der Waals surface area contributed by atoms with Crippen LogP contribution >= 0.6 is 11.8 Å². The Kier molecular flexibility index (Phi) is 41.9. The Morgan fingerprint density at radius 2 is 1.01 bits per heavy atom. The topological polar surface area (TPSA) is 569 Å². The number of hydrogen-bond acceptors (Lipinski definition) is 20. The first-order chi connectivity index (χ1) is 37.2. The SMILES string of the molecule is CC(C)[C@H](N)C(=O)O.CSCC[C@H](N)C(=O)O.C[C@@H](O)[C@H](N)C(=O)O.N[C@@H](CO)C(=O)O.N[C@@H](Cc1c[nH]c2ccccc12)C(=O)O.N[C@@H](Cc1ccc(O)cc1)C(=O)O.N[C@@H](Cc1ccccc1)C(=O)O.O=C(O)[C@@H]1CCCN1. The van der Waals surface area contributed by atoms with Gasteiger partial charge in [-0.05, 0) is 98.4 Å². The van der Waals surface area contributed by atoms with Crippen LogP contribution in [0.15, 0.2) is 85.1 Å². The van der Waals surface area contributed by atoms with E-state index in [0.717, 1.165) is 52.7 Å². The molecular formula is C51H81N9O19S. The summed E-state index contributed by atoms with van der Waals surface area (Å²) in [6, 6.07) is 16.9. The number of para-hydroxylation sites is 1. The van der Waals surface area contributed by atoms with Crippen LogP contribution in [0.5, 0.6) is 5.75 Å². The van der Waals surface area contributed by atoms with E-state index in [0.29, 0.717) is 19.3 Å². The number of benzene rings is 3. The van der Waals surface area contributed by atoms with Gasteiger partial charge >= 0.3 is 47.8 Å². The monoisotopic (exact) mass is 1160 g/mol. The van der Waals surface area contributed by atoms with Crippen molar-refractivity contribution in [2.45, 2.75) is 114 Å². The van der Waals surface area contributed by atoms with Crippen LogP contribution in [0, 0.1) is 5.92 Å². The lowest BCUT2D eigenvalue weighted by Crippen LogP contribution is -2.39. The number of nitrogens with one attached hydrogen (secondary N) is 2. The number of H-pyrrole nitrogens is 1. The molecule has 0 saturated carbocycles. The smallest absolute Gasteiger partial charge is 0.323 e. The maximum Gasteiger partial charge on any atom is 0.323 e. The molecule has 9 atom stereocenters. The molecular weight excluding hydrogens is 1070 g/mol. The minimum Gasteiger partial charge on any atom is -0.508 e. The van der Waals surface area contributed by atoms with Crippen molar-refractivity contribution in [2.24, 2.45) is 46.1 Å². The van der Waals surface area contributed by atoms with Gasteiger partial charge in [0.2, 0.25) is 0 Å². The van der Waals surface area contributed by atoms with E-state index >= 15 is 0 Å². The molecule has 4 aromatic rings. The zero-order valence-electron chi connectivity index (χ0n) is 44.9. The molecule has 0 aliphatic carbocycles. The number of aliphatic hydroxyl groups is 2. The minimum absolute atomic E-state index is 0.0208. The number of phenols is 1. The molecule has 27 N–H and O–H groups in total. The number of aromatic hydroxyl groups is 1. The van der Waals surface area contributed by atoms with E-state index < -0.39 is 103 Å². The van der Waals surface area contributed by atoms with Crippen LogP contribution in [0.25, 0.3) is 10.9 Å². The van der Waals surface area contributed by atoms with Gasteiger partial charge in [-0.2, -0.15) is 11.8 Å². The summed E-state index contributed by atoms with van der Waals surface area (Å²) in [6.07, 6.45) is 6.10. The molecule has 0 spiro atoms. The van der Waals surface area contributed by atoms with Crippen molar-refractivity contribution in [2.75, 3.05) is 25.2 Å². The zero-order valence-corrected chi connectivity index (χ0v) is 45.7. The Balaban J connectivity index is -0.000000860. The second-order valence-electron chi connectivity index (χ2n) is 17.5. The van der Waals surface area contributed by atoms with Gasteiger partial charge in [0.25, 0.3) is 0 Å². The number of fused-ring (bicyclic) bond motifs is 1. The second-order valence-corrected chi connectivity index (χ2v) is 18.5. The molecule has 28 nitrogen and oxygen atoms in total. The van der Waals surface area contributed by atoms with Crippen molar-refractivity contribution in [3.05, 3.63) is 102 Å². The molecule has 80 heavy (non-hydrogen) atoms. The number of carbonyl (C=O) groups is 8. The highest BCUT2D eigenvalue weighted by Gasteiger charge is 2.21. The molecule has 0 bridgehead atoms. The fraction of sp³-hybridized carbons (Fsp3) is 0.451. The number of aromatic amines is 1. The lowest BCUT2D eigenvalue weighted by molar-refractivity contribution is -0.141. The van der Waals surface area contributed by atoms with Crippen LogP contribution < -0.4 is 45.5 Å². The highest BCUT2D eigenvalue weighted by Crippen LogP contribution is 2.19. The number of carboxylic acid groups (broad SMARTS) is 8. The van der Waals surface area contributed by atoms with Crippen molar-refractivity contribution in [3.63, 3.8) is 0 Å². The molecule has 5 rings (SSSR count). The largest absolute Gasteiger partial charge is 0.508 e. The van der Waals surface area contributed by atoms with Crippen molar-refractivity contribution < 1.29 is 94.5 Å². The van der Waals surface area contributed by atoms with Crippen LogP contribution in [-0.2, 0) is 57.6 Å². The number of rotatable bonds is 20. The molecule has 1 fully saturated rings. The predicted molar refractivity (Wildman–Crippen MR) is 299 cm³/mol. The predicted octanol–water partition coefficient (Wildman–Crippen LogP) is -0.692. The van der Waals surface area contributed by atoms with E-state index in [4.69, 9.17) is 96.3 Å². The van der Waals surface area contributed by atoms with Gasteiger partial charge in [0.15, 0.2) is 0 Å². The van der Waals surface area contributed by atoms with Gasteiger partial charge in [0.05, 0.1) is 12.7 Å². The van der Waals surface area contributed by atoms with E-state index in [1.165, 1.54) is 19.1 Å². The number of nitrogens with two attached hydrogens (primary N) is 7. The average molecular weight is 1160 g/mol. The highest BCUT2D eigenvalue weighted by atomic mass is 32.2. The minimum atomic E-state index is -1.18. The fourth-order valence-corrected chi connectivity index (χ4v) is 5.88. The standard InChI is InChI=1S/C11H12N2O2.C9H11NO3.C9H11NO2.C5H11NO2S.C5H9NO2.C5H11NO2.C4H9NO3.C3H7NO3/c12-9(11(14)15)5-7-6-13-10-4-2-1-3-8(7)10;10-8(9(12)13)5-6-1-3-7(11)4-2-6;10-8(9(11)12)6-7-4-2-1-3-5-7;1-9-3-2-4(6)5(7)8;7-5(8)4-2-1-3-6-4;1-3(2)4(6)5(7)8;1-2(6)3(5)4(7)8;4-2(1-5)3(6)7/h1-4,6,9,13H,5,12H2,(H,14,15);1-4,8,11H,5,10H2,(H,12,13);1-5,8H,6,10H2,(H,11,12);4H,2-3,6H2,1H3,(H,7,8);4,6H,1-3H2,(H,7,8);3-4H,6H2,1-2H3,(H,7,8);2-3,6H,5H2,1H3,(H,7,8);2,5H,1,4H2,(H,6,7)/t9-;2*8-;3*4-;2-,3+;2-/m00000010/s1. The maximum atomic E-state index is 10.6. The number of carboxylic acids is 8. The third-order valence-electron chi connectivity index (χ3n) is 10.4. The molecule has 0 amide bonds. The summed E-state index contributed by atoms with van der Waals surface area (Å²) in [5, 5.41) is 95.9. The Morgan fingerprint density at radius 1 is 0.575 bits per heavy atom. The second kappa shape index (κ2) is 43.6. The van der Waals surface area contributed by atoms with E-state index in [-0.39, 0.29) is 24.1 Å². The van der Waals surface area contributed by atoms with Gasteiger partial charge in [0.1, 0.15) is 54.1 Å². The zero-order chi connectivity index (χ0) is 62.2. The first-order valence-corrected chi connectivity index (χ1v) is 25.6. The first kappa shape index (κ1) is 76.9. The van der Waals surface area contributed by atoms with Crippen molar-refractivity contribution in [1.29, 1.82) is 0 Å². The molecule has 2 heterocycles. The third-order valence-corrected chi connectivity index (χ3v) is 11.0. The molecule has 450 valence electrons. The Bertz CT molecular complexity index is 2370. The number of aliphatic hydroxyl groups excluding tert-OH is 2. The van der Waals surface area contributed by atoms with Gasteiger partial charge in [-0.1, -0.05) is 74.5 Å². The van der Waals surface area contributed by atoms with Crippen LogP contribution in [0.3, 0.4) is 0 Å². The van der Waals surface area contributed by atoms with Crippen molar-refractivity contribution in [1.82, 2.24) is 10.3 Å². The lowest BCUT2D eigenvalue weighted by atomic mass is 10.1. The Labute approximate surface area is 466 Å². The summed E-state index contributed by atoms with van der Waals surface area (Å²) in [5.74, 6) is -6.88. The van der Waals surface area contributed by atoms with Gasteiger partial charge in [-0.25, -0.2) is 0 Å². The van der Waals surface area contributed by atoms with Gasteiger partial charge in [-0.3, -0.25) is 38.4 Å². The molecule has 0 unspecified atom stereocenters. The summed E-state index contributed by atoms with van der Waals surface area (Å²) in [6.45, 7) is 5.24. The number of phenolic OH excluding ortho intramolecular Hbond substituents is 1. The summed E-state index contributed by atoms with van der Waals surface area (Å²) >= 11 is 1.60. The summed E-state index contributed by atoms with van der Waals surface area (Å²) < 4.78 is 0. The molecule has 29 heteroatoms. The third kappa shape index (κ3) is 37.5. The van der Waals surface area contributed by atoms with E-state index in [9.17, 15) is 38.4 Å². The molecule has 1 aromatic heterocycles. The van der Waals surface area contributed by atoms with Gasteiger partial charge in [-0.15, -0.1) is 0 Å². The van der Waals surface area contributed by atoms with E-state index in [2.05, 4.69) is 10.3 Å². The van der Waals surface area contributed by atoms with Crippen LogP contribution in [0.4, 0.5) is 0 Å². The van der Waals surface area contributed by atoms with Crippen molar-refractivity contribution >= 4 is 70.4 Å². The fourth-order valence-electron chi connectivity index (χ4n) is 5.39. The Morgan fingerprint density at radius 3 is 1.34 bits per heavy atom. The molecule has 0 radical (unpaired) electrons. The lowest BCUT2D eigenvalue weighted by Gasteiger charge is -2.07. The summed E-state index contributed by atoms with van der Waals surface area (Å²) in [7, 11) is 0. The quantitative estimate of drug-likeness (QED) is 0.0521. The number of aromatic nitrogens is 1. The number of aliphatic carboxylic acids is 8. The highest BCUT2D eigenvalue weighted by molar-refractivity contribution is 7.98. The summed E-state index contributed by atoms with van der Waals surface area (Å²) in [4.78, 5) is 84.2. The Hall–Kier alpha value is -7.29. The van der Waals surface area contributed by atoms with Crippen molar-refractivity contribution in [3.8, 4) is 5.75 Å². The average Bonchev–Trinajstić information content (AvgIpc) is 4.11. The van der Waals surface area contributed by atoms with E-state index in [1.807, 2.05) is 67.0 Å². The van der Waals surface area contributed by atoms with Crippen LogP contribution in [0.2, 0.25) is 0 Å². The number of hydrogen-bond donors (Lipinski definition) is 20. The molecule has 3 aromatic carbocycles. The summed E-state index contributed by atoms with van der Waals surface area (Å²) in [5.41, 5.74) is 39.9. The molecule has 1 aliphatic rings. The first-order valence-electron chi connectivity index (χ1n) is 24.2. The normalized spacial score (nSPS) is 14.9. The molecule has 1 saturated heterocycles. The van der Waals surface area contributed by atoms with E-state index in [1.54, 1.807) is 37.7 Å². The van der Waals surface area contributed by atoms with Gasteiger partial charge < -0.3 is 107 Å². The maximum absolute atomic E-state index is 10.6. The van der Waals surface area contributed by atoms with Gasteiger partial charge in [0, 0.05) is 23.5 Å². The number of thioether (sulfide) groups is 1. The van der Waals surface area contributed by atoms with Crippen LogP contribution in [0.1, 0.15) is 56.7 Å².